The Kier molecular flexibility index (Phi) is 10.6. The molecule has 0 amide bonds. The van der Waals surface area contributed by atoms with Gasteiger partial charge in [0.05, 0.1) is 11.1 Å². The van der Waals surface area contributed by atoms with Crippen LogP contribution in [0.25, 0.3) is 0 Å². The molecule has 0 heterocycles. The maximum atomic E-state index is 13.1. The first-order valence-corrected chi connectivity index (χ1v) is 21.2. The Morgan fingerprint density at radius 1 is 0.549 bits per heavy atom. The summed E-state index contributed by atoms with van der Waals surface area (Å²) in [5, 5.41) is 0. The van der Waals surface area contributed by atoms with Gasteiger partial charge in [0.1, 0.15) is 11.2 Å². The van der Waals surface area contributed by atoms with Crippen LogP contribution in [-0.4, -0.2) is 23.1 Å². The molecule has 51 heavy (non-hydrogen) atoms. The topological polar surface area (TPSA) is 52.6 Å². The summed E-state index contributed by atoms with van der Waals surface area (Å²) in [7, 11) is 0. The molecule has 4 nitrogen and oxygen atoms in total. The van der Waals surface area contributed by atoms with Crippen LogP contribution in [0.2, 0.25) is 0 Å². The van der Waals surface area contributed by atoms with E-state index in [0.717, 1.165) is 42.9 Å². The molecule has 2 unspecified atom stereocenters. The summed E-state index contributed by atoms with van der Waals surface area (Å²) in [5.74, 6) is 7.15. The van der Waals surface area contributed by atoms with Crippen molar-refractivity contribution >= 4 is 11.9 Å². The molecule has 0 aromatic heterocycles. The van der Waals surface area contributed by atoms with Gasteiger partial charge in [0.25, 0.3) is 0 Å². The largest absolute Gasteiger partial charge is 0.455 e. The van der Waals surface area contributed by atoms with Crippen LogP contribution in [-0.2, 0) is 9.47 Å². The second-order valence-electron chi connectivity index (χ2n) is 18.6. The van der Waals surface area contributed by atoms with Gasteiger partial charge in [-0.15, -0.1) is 0 Å². The summed E-state index contributed by atoms with van der Waals surface area (Å²) >= 11 is 0. The number of hydrogen-bond donors (Lipinski definition) is 0. The highest BCUT2D eigenvalue weighted by Crippen LogP contribution is 2.62. The smallest absolute Gasteiger partial charge is 0.338 e. The second kappa shape index (κ2) is 14.7. The zero-order valence-electron chi connectivity index (χ0n) is 32.8. The highest BCUT2D eigenvalue weighted by atomic mass is 16.6. The number of ether oxygens (including phenoxy) is 2. The Bertz CT molecular complexity index is 1460. The van der Waals surface area contributed by atoms with Crippen molar-refractivity contribution in [2.45, 2.75) is 155 Å². The van der Waals surface area contributed by atoms with Crippen molar-refractivity contribution in [3.63, 3.8) is 0 Å². The van der Waals surface area contributed by atoms with Crippen molar-refractivity contribution in [1.82, 2.24) is 0 Å². The van der Waals surface area contributed by atoms with Gasteiger partial charge in [-0.25, -0.2) is 9.59 Å². The number of benzene rings is 2. The molecular weight excluding hydrogens is 629 g/mol. The first-order chi connectivity index (χ1) is 24.5. The summed E-state index contributed by atoms with van der Waals surface area (Å²) < 4.78 is 12.8. The van der Waals surface area contributed by atoms with E-state index >= 15 is 0 Å². The number of carbonyl (C=O) groups is 2. The lowest BCUT2D eigenvalue weighted by Gasteiger charge is -2.61. The number of esters is 2. The lowest BCUT2D eigenvalue weighted by atomic mass is 9.47. The summed E-state index contributed by atoms with van der Waals surface area (Å²) in [6.07, 6.45) is 16.3. The molecule has 0 radical (unpaired) electrons. The number of rotatable bonds is 10. The van der Waals surface area contributed by atoms with Crippen LogP contribution in [0.15, 0.2) is 48.5 Å². The van der Waals surface area contributed by atoms with Gasteiger partial charge in [-0.05, 0) is 184 Å². The normalized spacial score (nSPS) is 36.7. The van der Waals surface area contributed by atoms with Crippen molar-refractivity contribution < 1.29 is 19.1 Å². The summed E-state index contributed by atoms with van der Waals surface area (Å²) in [6.45, 7) is 15.6. The predicted molar refractivity (Wildman–Crippen MR) is 206 cm³/mol. The highest BCUT2D eigenvalue weighted by Gasteiger charge is 2.61. The zero-order chi connectivity index (χ0) is 36.1. The van der Waals surface area contributed by atoms with Crippen LogP contribution < -0.4 is 0 Å². The quantitative estimate of drug-likeness (QED) is 0.232. The maximum Gasteiger partial charge on any atom is 0.338 e. The SMILES string of the molecule is CCC(C)c1ccc(C(=O)OC2(C(C)C)C3CC4CC(C3)CC2C4)cc1.CCC(C)c1ccc(C(=O)OC2(CC)C3CC4CC(C3)CC2C4)cc1. The van der Waals surface area contributed by atoms with Gasteiger partial charge in [-0.1, -0.05) is 72.7 Å². The fourth-order valence-corrected chi connectivity index (χ4v) is 12.8. The van der Waals surface area contributed by atoms with Gasteiger partial charge in [0.2, 0.25) is 0 Å². The van der Waals surface area contributed by atoms with Crippen molar-refractivity contribution in [2.75, 3.05) is 0 Å². The molecule has 8 aliphatic carbocycles. The third-order valence-electron chi connectivity index (χ3n) is 15.6. The highest BCUT2D eigenvalue weighted by molar-refractivity contribution is 5.90. The van der Waals surface area contributed by atoms with Crippen LogP contribution in [0.1, 0.15) is 176 Å². The van der Waals surface area contributed by atoms with Crippen molar-refractivity contribution in [3.8, 4) is 0 Å². The second-order valence-corrected chi connectivity index (χ2v) is 18.6. The average Bonchev–Trinajstić information content (AvgIpc) is 3.13. The first-order valence-electron chi connectivity index (χ1n) is 21.2. The van der Waals surface area contributed by atoms with Crippen LogP contribution >= 0.6 is 0 Å². The molecule has 8 aliphatic rings. The molecule has 8 saturated carbocycles. The van der Waals surface area contributed by atoms with E-state index in [1.54, 1.807) is 0 Å². The summed E-state index contributed by atoms with van der Waals surface area (Å²) in [6, 6.07) is 16.3. The fraction of sp³-hybridized carbons (Fsp3) is 0.702. The molecule has 2 atom stereocenters. The van der Waals surface area contributed by atoms with Crippen LogP contribution in [0.4, 0.5) is 0 Å². The van der Waals surface area contributed by atoms with E-state index in [1.165, 1.54) is 75.3 Å². The predicted octanol–water partition coefficient (Wildman–Crippen LogP) is 12.2. The van der Waals surface area contributed by atoms with Crippen LogP contribution in [0.5, 0.6) is 0 Å². The number of carbonyl (C=O) groups excluding carboxylic acids is 2. The molecule has 2 aromatic rings. The number of hydrogen-bond acceptors (Lipinski definition) is 4. The minimum absolute atomic E-state index is 0.106. The van der Waals surface area contributed by atoms with Crippen molar-refractivity contribution in [3.05, 3.63) is 70.8 Å². The Morgan fingerprint density at radius 3 is 1.24 bits per heavy atom. The fourth-order valence-electron chi connectivity index (χ4n) is 12.8. The summed E-state index contributed by atoms with van der Waals surface area (Å²) in [4.78, 5) is 26.0. The molecule has 8 fully saturated rings. The third-order valence-corrected chi connectivity index (χ3v) is 15.6. The third kappa shape index (κ3) is 6.73. The molecular formula is C47H66O4. The van der Waals surface area contributed by atoms with Gasteiger partial charge >= 0.3 is 11.9 Å². The van der Waals surface area contributed by atoms with E-state index in [1.807, 2.05) is 24.3 Å². The van der Waals surface area contributed by atoms with Gasteiger partial charge < -0.3 is 9.47 Å². The molecule has 8 bridgehead atoms. The lowest BCUT2D eigenvalue weighted by Crippen LogP contribution is -2.62. The van der Waals surface area contributed by atoms with E-state index in [0.29, 0.717) is 52.6 Å². The Morgan fingerprint density at radius 2 is 0.902 bits per heavy atom. The molecule has 0 spiro atoms. The molecule has 0 aliphatic heterocycles. The van der Waals surface area contributed by atoms with Crippen LogP contribution in [0, 0.1) is 53.3 Å². The summed E-state index contributed by atoms with van der Waals surface area (Å²) in [5.41, 5.74) is 3.61. The molecule has 278 valence electrons. The van der Waals surface area contributed by atoms with Gasteiger partial charge in [0, 0.05) is 0 Å². The Balaban J connectivity index is 0.000000159. The van der Waals surface area contributed by atoms with Crippen LogP contribution in [0.3, 0.4) is 0 Å². The lowest BCUT2D eigenvalue weighted by molar-refractivity contribution is -0.197. The van der Waals surface area contributed by atoms with E-state index in [-0.39, 0.29) is 23.1 Å². The van der Waals surface area contributed by atoms with Crippen molar-refractivity contribution in [1.29, 1.82) is 0 Å². The Labute approximate surface area is 309 Å². The zero-order valence-corrected chi connectivity index (χ0v) is 32.8. The minimum atomic E-state index is -0.236. The van der Waals surface area contributed by atoms with Gasteiger partial charge in [-0.2, -0.15) is 0 Å². The van der Waals surface area contributed by atoms with E-state index in [9.17, 15) is 9.59 Å². The van der Waals surface area contributed by atoms with E-state index in [2.05, 4.69) is 72.7 Å². The monoisotopic (exact) mass is 694 g/mol. The van der Waals surface area contributed by atoms with Gasteiger partial charge in [-0.3, -0.25) is 0 Å². The molecule has 10 rings (SSSR count). The molecule has 2 aromatic carbocycles. The first kappa shape index (κ1) is 36.7. The van der Waals surface area contributed by atoms with E-state index < -0.39 is 0 Å². The average molecular weight is 695 g/mol. The molecule has 0 N–H and O–H groups in total. The maximum absolute atomic E-state index is 13.1. The van der Waals surface area contributed by atoms with Gasteiger partial charge in [0.15, 0.2) is 0 Å². The van der Waals surface area contributed by atoms with Crippen molar-refractivity contribution in [2.24, 2.45) is 53.3 Å². The Hall–Kier alpha value is -2.62. The molecule has 4 heteroatoms. The molecule has 0 saturated heterocycles. The van der Waals surface area contributed by atoms with E-state index in [4.69, 9.17) is 9.47 Å². The minimum Gasteiger partial charge on any atom is -0.455 e. The standard InChI is InChI=1S/C24H34O2.C23H32O2/c1-5-16(4)19-6-8-20(9-7-19)23(25)26-24(15(2)3)21-11-17-10-18(13-21)14-22(24)12-17;1-4-15(3)18-6-8-19(9-7-18)22(24)25-23(5-2)20-11-16-10-17(13-20)14-21(23)12-16/h6-9,15-18,21-22H,5,10-14H2,1-4H3;6-9,15-17,20-21H,4-5,10-14H2,1-3H3.